The zero-order chi connectivity index (χ0) is 22.5. The van der Waals surface area contributed by atoms with E-state index in [4.69, 9.17) is 25.6 Å². The first-order chi connectivity index (χ1) is 15.4. The molecule has 0 atom stereocenters. The van der Waals surface area contributed by atoms with Crippen LogP contribution in [0.1, 0.15) is 22.3 Å². The predicted octanol–water partition coefficient (Wildman–Crippen LogP) is 4.30. The monoisotopic (exact) mass is 452 g/mol. The molecule has 0 radical (unpaired) electrons. The maximum atomic E-state index is 11.8. The molecule has 0 spiro atoms. The second kappa shape index (κ2) is 9.62. The number of H-pyrrole nitrogens is 1. The number of aryl methyl sites for hydroxylation is 1. The van der Waals surface area contributed by atoms with Crippen molar-refractivity contribution in [3.05, 3.63) is 115 Å². The van der Waals surface area contributed by atoms with Crippen LogP contribution in [-0.2, 0) is 19.8 Å². The fourth-order valence-electron chi connectivity index (χ4n) is 3.23. The molecular formula is C24H21ClN2O5. The molecule has 0 bridgehead atoms. The molecule has 164 valence electrons. The third kappa shape index (κ3) is 5.70. The standard InChI is InChI=1S/C24H21ClN2O5/c1-16-4-2-5-17(8-16)14-30-21-10-19(13-27-23(28)26-24(29)32-27)11-22(12-21)31-15-18-6-3-7-20(25)9-18/h2-12H,13-15H2,1H3,(H,26,28,29). The van der Waals surface area contributed by atoms with Crippen LogP contribution in [0.15, 0.2) is 80.8 Å². The zero-order valence-corrected chi connectivity index (χ0v) is 18.1. The Balaban J connectivity index is 1.57. The van der Waals surface area contributed by atoms with Gasteiger partial charge in [0.05, 0.1) is 6.54 Å². The van der Waals surface area contributed by atoms with E-state index in [-0.39, 0.29) is 6.54 Å². The van der Waals surface area contributed by atoms with Gasteiger partial charge in [0.2, 0.25) is 0 Å². The van der Waals surface area contributed by atoms with E-state index in [1.54, 1.807) is 24.3 Å². The molecule has 4 aromatic rings. The second-order valence-corrected chi connectivity index (χ2v) is 7.79. The van der Waals surface area contributed by atoms with Crippen LogP contribution in [0, 0.1) is 6.92 Å². The van der Waals surface area contributed by atoms with Crippen LogP contribution in [0.4, 0.5) is 0 Å². The van der Waals surface area contributed by atoms with Gasteiger partial charge < -0.3 is 14.0 Å². The molecule has 0 aliphatic carbocycles. The Labute approximate surface area is 188 Å². The molecule has 3 aromatic carbocycles. The molecule has 0 unspecified atom stereocenters. The van der Waals surface area contributed by atoms with Gasteiger partial charge in [0.1, 0.15) is 24.7 Å². The highest BCUT2D eigenvalue weighted by atomic mass is 35.5. The Hall–Kier alpha value is -3.71. The van der Waals surface area contributed by atoms with E-state index in [0.29, 0.717) is 35.3 Å². The van der Waals surface area contributed by atoms with E-state index in [1.165, 1.54) is 0 Å². The molecule has 0 saturated carbocycles. The fraction of sp³-hybridized carbons (Fsp3) is 0.167. The molecule has 1 N–H and O–H groups in total. The van der Waals surface area contributed by atoms with Gasteiger partial charge in [0.15, 0.2) is 0 Å². The SMILES string of the molecule is Cc1cccc(COc2cc(Cn3oc(=O)[nH]c3=O)cc(OCc3cccc(Cl)c3)c2)c1. The van der Waals surface area contributed by atoms with Crippen molar-refractivity contribution in [1.29, 1.82) is 0 Å². The molecule has 0 aliphatic heterocycles. The van der Waals surface area contributed by atoms with Gasteiger partial charge >= 0.3 is 11.4 Å². The van der Waals surface area contributed by atoms with Gasteiger partial charge in [0, 0.05) is 11.1 Å². The summed E-state index contributed by atoms with van der Waals surface area (Å²) in [5.41, 5.74) is 3.15. The largest absolute Gasteiger partial charge is 0.489 e. The number of hydrogen-bond donors (Lipinski definition) is 1. The van der Waals surface area contributed by atoms with Crippen LogP contribution in [0.2, 0.25) is 5.02 Å². The molecular weight excluding hydrogens is 432 g/mol. The summed E-state index contributed by atoms with van der Waals surface area (Å²) in [7, 11) is 0. The van der Waals surface area contributed by atoms with Gasteiger partial charge in [0.25, 0.3) is 0 Å². The summed E-state index contributed by atoms with van der Waals surface area (Å²) in [6.45, 7) is 2.75. The highest BCUT2D eigenvalue weighted by molar-refractivity contribution is 6.30. The number of nitrogens with one attached hydrogen (secondary N) is 1. The van der Waals surface area contributed by atoms with Gasteiger partial charge in [-0.2, -0.15) is 0 Å². The third-order valence-electron chi connectivity index (χ3n) is 4.68. The normalized spacial score (nSPS) is 10.8. The summed E-state index contributed by atoms with van der Waals surface area (Å²) in [4.78, 5) is 25.2. The molecule has 7 nitrogen and oxygen atoms in total. The Morgan fingerprint density at radius 2 is 1.53 bits per heavy atom. The van der Waals surface area contributed by atoms with E-state index in [0.717, 1.165) is 21.4 Å². The van der Waals surface area contributed by atoms with Crippen molar-refractivity contribution >= 4 is 11.6 Å². The smallest absolute Gasteiger partial charge is 0.440 e. The van der Waals surface area contributed by atoms with Crippen molar-refractivity contribution in [3.63, 3.8) is 0 Å². The van der Waals surface area contributed by atoms with Crippen LogP contribution < -0.4 is 20.9 Å². The van der Waals surface area contributed by atoms with Crippen LogP contribution in [0.3, 0.4) is 0 Å². The lowest BCUT2D eigenvalue weighted by atomic mass is 10.1. The van der Waals surface area contributed by atoms with E-state index in [1.807, 2.05) is 43.3 Å². The van der Waals surface area contributed by atoms with E-state index in [2.05, 4.69) is 11.1 Å². The van der Waals surface area contributed by atoms with Gasteiger partial charge in [-0.15, -0.1) is 4.74 Å². The van der Waals surface area contributed by atoms with Gasteiger partial charge in [-0.1, -0.05) is 53.6 Å². The molecule has 0 aliphatic rings. The highest BCUT2D eigenvalue weighted by Crippen LogP contribution is 2.25. The predicted molar refractivity (Wildman–Crippen MR) is 120 cm³/mol. The van der Waals surface area contributed by atoms with Crippen molar-refractivity contribution in [3.8, 4) is 11.5 Å². The first kappa shape index (κ1) is 21.5. The van der Waals surface area contributed by atoms with Gasteiger partial charge in [-0.05, 0) is 47.9 Å². The summed E-state index contributed by atoms with van der Waals surface area (Å²) in [6, 6.07) is 20.8. The van der Waals surface area contributed by atoms with E-state index in [9.17, 15) is 9.59 Å². The lowest BCUT2D eigenvalue weighted by molar-refractivity contribution is 0.256. The average Bonchev–Trinajstić information content (AvgIpc) is 3.07. The van der Waals surface area contributed by atoms with E-state index >= 15 is 0 Å². The molecule has 4 rings (SSSR count). The maximum Gasteiger partial charge on any atom is 0.440 e. The Morgan fingerprint density at radius 3 is 2.12 bits per heavy atom. The molecule has 8 heteroatoms. The minimum Gasteiger partial charge on any atom is -0.489 e. The van der Waals surface area contributed by atoms with Crippen molar-refractivity contribution in [2.24, 2.45) is 0 Å². The summed E-state index contributed by atoms with van der Waals surface area (Å²) < 4.78 is 17.8. The lowest BCUT2D eigenvalue weighted by Crippen LogP contribution is -2.17. The number of aromatic amines is 1. The zero-order valence-electron chi connectivity index (χ0n) is 17.3. The van der Waals surface area contributed by atoms with Crippen LogP contribution in [-0.4, -0.2) is 9.72 Å². The molecule has 0 saturated heterocycles. The van der Waals surface area contributed by atoms with Crippen molar-refractivity contribution < 1.29 is 14.0 Å². The molecule has 0 fully saturated rings. The topological polar surface area (TPSA) is 86.5 Å². The summed E-state index contributed by atoms with van der Waals surface area (Å²) in [6.07, 6.45) is 0. The van der Waals surface area contributed by atoms with Crippen LogP contribution >= 0.6 is 11.6 Å². The summed E-state index contributed by atoms with van der Waals surface area (Å²) in [5.74, 6) is 0.308. The third-order valence-corrected chi connectivity index (χ3v) is 4.91. The average molecular weight is 453 g/mol. The minimum absolute atomic E-state index is 0.0484. The number of hydrogen-bond acceptors (Lipinski definition) is 5. The number of ether oxygens (including phenoxy) is 2. The van der Waals surface area contributed by atoms with Crippen LogP contribution in [0.25, 0.3) is 0 Å². The number of halogens is 1. The molecule has 1 aromatic heterocycles. The second-order valence-electron chi connectivity index (χ2n) is 7.35. The molecule has 1 heterocycles. The quantitative estimate of drug-likeness (QED) is 0.431. The number of aromatic nitrogens is 2. The highest BCUT2D eigenvalue weighted by Gasteiger charge is 2.09. The Kier molecular flexibility index (Phi) is 6.47. The maximum absolute atomic E-state index is 11.8. The van der Waals surface area contributed by atoms with Crippen molar-refractivity contribution in [2.75, 3.05) is 0 Å². The van der Waals surface area contributed by atoms with Crippen LogP contribution in [0.5, 0.6) is 11.5 Å². The Morgan fingerprint density at radius 1 is 0.875 bits per heavy atom. The summed E-state index contributed by atoms with van der Waals surface area (Å²) >= 11 is 6.05. The first-order valence-electron chi connectivity index (χ1n) is 9.94. The minimum atomic E-state index is -0.806. The molecule has 0 amide bonds. The van der Waals surface area contributed by atoms with Gasteiger partial charge in [-0.3, -0.25) is 0 Å². The first-order valence-corrected chi connectivity index (χ1v) is 10.3. The number of nitrogens with zero attached hydrogens (tertiary/aromatic N) is 1. The van der Waals surface area contributed by atoms with Gasteiger partial charge in [-0.25, -0.2) is 14.6 Å². The lowest BCUT2D eigenvalue weighted by Gasteiger charge is -2.13. The summed E-state index contributed by atoms with van der Waals surface area (Å²) in [5, 5.41) is 0.629. The van der Waals surface area contributed by atoms with Crippen molar-refractivity contribution in [1.82, 2.24) is 9.72 Å². The Bertz CT molecular complexity index is 1270. The molecule has 32 heavy (non-hydrogen) atoms. The van der Waals surface area contributed by atoms with E-state index < -0.39 is 11.4 Å². The van der Waals surface area contributed by atoms with Crippen molar-refractivity contribution in [2.45, 2.75) is 26.7 Å². The number of rotatable bonds is 8. The number of benzene rings is 3. The fourth-order valence-corrected chi connectivity index (χ4v) is 3.45.